The van der Waals surface area contributed by atoms with Crippen LogP contribution in [0.5, 0.6) is 0 Å². The fraction of sp³-hybridized carbons (Fsp3) is 0.429. The summed E-state index contributed by atoms with van der Waals surface area (Å²) < 4.78 is 0. The lowest BCUT2D eigenvalue weighted by atomic mass is 9.94. The molecule has 3 N–H and O–H groups in total. The molecule has 0 bridgehead atoms. The minimum absolute atomic E-state index is 0.175. The Hall–Kier alpha value is -1.68. The van der Waals surface area contributed by atoms with Crippen molar-refractivity contribution in [2.24, 2.45) is 5.73 Å². The van der Waals surface area contributed by atoms with Crippen molar-refractivity contribution in [3.8, 4) is 0 Å². The van der Waals surface area contributed by atoms with Gasteiger partial charge in [0.05, 0.1) is 5.52 Å². The molecular weight excluding hydrogens is 224 g/mol. The normalized spacial score (nSPS) is 11.7. The molecule has 0 aliphatic rings. The van der Waals surface area contributed by atoms with E-state index in [1.54, 1.807) is 6.33 Å². The van der Waals surface area contributed by atoms with Gasteiger partial charge < -0.3 is 11.1 Å². The second-order valence-corrected chi connectivity index (χ2v) is 4.66. The number of nitrogens with zero attached hydrogens (tertiary/aromatic N) is 2. The predicted molar refractivity (Wildman–Crippen MR) is 75.5 cm³/mol. The van der Waals surface area contributed by atoms with Crippen molar-refractivity contribution in [2.75, 3.05) is 11.9 Å². The molecular formula is C14H20N4. The van der Waals surface area contributed by atoms with Crippen LogP contribution in [0.3, 0.4) is 0 Å². The van der Waals surface area contributed by atoms with Gasteiger partial charge in [-0.2, -0.15) is 0 Å². The monoisotopic (exact) mass is 244 g/mol. The van der Waals surface area contributed by atoms with E-state index >= 15 is 0 Å². The summed E-state index contributed by atoms with van der Waals surface area (Å²) in [6, 6.07) is 7.97. The largest absolute Gasteiger partial charge is 0.368 e. The van der Waals surface area contributed by atoms with Crippen molar-refractivity contribution in [3.05, 3.63) is 30.6 Å². The van der Waals surface area contributed by atoms with E-state index in [-0.39, 0.29) is 5.54 Å². The van der Waals surface area contributed by atoms with Gasteiger partial charge in [0.15, 0.2) is 0 Å². The number of rotatable bonds is 5. The van der Waals surface area contributed by atoms with Gasteiger partial charge in [0.1, 0.15) is 12.1 Å². The highest BCUT2D eigenvalue weighted by Crippen LogP contribution is 2.20. The van der Waals surface area contributed by atoms with E-state index in [1.807, 2.05) is 24.3 Å². The number of nitrogens with two attached hydrogens (primary N) is 1. The SMILES string of the molecule is CCC(N)(CC)CNc1ncnc2ccccc12. The highest BCUT2D eigenvalue weighted by atomic mass is 15.0. The first-order valence-electron chi connectivity index (χ1n) is 6.41. The van der Waals surface area contributed by atoms with Crippen molar-refractivity contribution in [3.63, 3.8) is 0 Å². The Kier molecular flexibility index (Phi) is 3.77. The van der Waals surface area contributed by atoms with Crippen molar-refractivity contribution in [2.45, 2.75) is 32.2 Å². The fourth-order valence-electron chi connectivity index (χ4n) is 1.91. The molecule has 2 rings (SSSR count). The number of hydrogen-bond acceptors (Lipinski definition) is 4. The molecule has 0 spiro atoms. The minimum atomic E-state index is -0.175. The van der Waals surface area contributed by atoms with Gasteiger partial charge in [-0.05, 0) is 25.0 Å². The van der Waals surface area contributed by atoms with Crippen LogP contribution in [0.2, 0.25) is 0 Å². The quantitative estimate of drug-likeness (QED) is 0.848. The zero-order valence-corrected chi connectivity index (χ0v) is 11.0. The molecule has 0 unspecified atom stereocenters. The van der Waals surface area contributed by atoms with Gasteiger partial charge in [0.25, 0.3) is 0 Å². The molecule has 0 fully saturated rings. The summed E-state index contributed by atoms with van der Waals surface area (Å²) in [7, 11) is 0. The van der Waals surface area contributed by atoms with Gasteiger partial charge in [-0.3, -0.25) is 0 Å². The Morgan fingerprint density at radius 2 is 1.89 bits per heavy atom. The van der Waals surface area contributed by atoms with Crippen molar-refractivity contribution in [1.29, 1.82) is 0 Å². The summed E-state index contributed by atoms with van der Waals surface area (Å²) in [6.45, 7) is 4.95. The molecule has 0 amide bonds. The highest BCUT2D eigenvalue weighted by Gasteiger charge is 2.20. The molecule has 0 radical (unpaired) electrons. The van der Waals surface area contributed by atoms with Gasteiger partial charge >= 0.3 is 0 Å². The minimum Gasteiger partial charge on any atom is -0.368 e. The Labute approximate surface area is 108 Å². The number of fused-ring (bicyclic) bond motifs is 1. The van der Waals surface area contributed by atoms with E-state index in [0.29, 0.717) is 0 Å². The molecule has 0 saturated carbocycles. The molecule has 0 aliphatic carbocycles. The Morgan fingerprint density at radius 1 is 1.17 bits per heavy atom. The van der Waals surface area contributed by atoms with Crippen LogP contribution >= 0.6 is 0 Å². The summed E-state index contributed by atoms with van der Waals surface area (Å²) in [6.07, 6.45) is 3.47. The average Bonchev–Trinajstić information content (AvgIpc) is 2.44. The van der Waals surface area contributed by atoms with Crippen LogP contribution in [0.25, 0.3) is 10.9 Å². The molecule has 4 heteroatoms. The van der Waals surface area contributed by atoms with Crippen molar-refractivity contribution < 1.29 is 0 Å². The van der Waals surface area contributed by atoms with E-state index in [0.717, 1.165) is 36.1 Å². The third-order valence-corrected chi connectivity index (χ3v) is 3.56. The van der Waals surface area contributed by atoms with E-state index < -0.39 is 0 Å². The molecule has 18 heavy (non-hydrogen) atoms. The molecule has 96 valence electrons. The van der Waals surface area contributed by atoms with Gasteiger partial charge in [-0.1, -0.05) is 26.0 Å². The average molecular weight is 244 g/mol. The summed E-state index contributed by atoms with van der Waals surface area (Å²) in [5.74, 6) is 0.859. The van der Waals surface area contributed by atoms with Crippen LogP contribution < -0.4 is 11.1 Å². The maximum Gasteiger partial charge on any atom is 0.137 e. The highest BCUT2D eigenvalue weighted by molar-refractivity contribution is 5.88. The second kappa shape index (κ2) is 5.31. The third-order valence-electron chi connectivity index (χ3n) is 3.56. The zero-order chi connectivity index (χ0) is 13.0. The summed E-state index contributed by atoms with van der Waals surface area (Å²) in [5, 5.41) is 4.39. The Morgan fingerprint density at radius 3 is 2.61 bits per heavy atom. The van der Waals surface area contributed by atoms with E-state index in [1.165, 1.54) is 0 Å². The van der Waals surface area contributed by atoms with Gasteiger partial charge in [-0.25, -0.2) is 9.97 Å². The molecule has 1 aromatic carbocycles. The van der Waals surface area contributed by atoms with Crippen LogP contribution in [0, 0.1) is 0 Å². The van der Waals surface area contributed by atoms with Crippen molar-refractivity contribution >= 4 is 16.7 Å². The van der Waals surface area contributed by atoms with Crippen LogP contribution in [-0.4, -0.2) is 22.1 Å². The zero-order valence-electron chi connectivity index (χ0n) is 11.0. The molecule has 1 heterocycles. The van der Waals surface area contributed by atoms with E-state index in [9.17, 15) is 0 Å². The smallest absolute Gasteiger partial charge is 0.137 e. The number of aromatic nitrogens is 2. The van der Waals surface area contributed by atoms with Crippen LogP contribution in [0.4, 0.5) is 5.82 Å². The van der Waals surface area contributed by atoms with Crippen molar-refractivity contribution in [1.82, 2.24) is 9.97 Å². The molecule has 0 atom stereocenters. The van der Waals surface area contributed by atoms with Crippen LogP contribution in [-0.2, 0) is 0 Å². The lowest BCUT2D eigenvalue weighted by Gasteiger charge is -2.27. The number of benzene rings is 1. The standard InChI is InChI=1S/C14H20N4/c1-3-14(15,4-2)9-16-13-11-7-5-6-8-12(11)17-10-18-13/h5-8,10H,3-4,9,15H2,1-2H3,(H,16,17,18). The second-order valence-electron chi connectivity index (χ2n) is 4.66. The van der Waals surface area contributed by atoms with Crippen LogP contribution in [0.1, 0.15) is 26.7 Å². The maximum absolute atomic E-state index is 6.28. The summed E-state index contributed by atoms with van der Waals surface area (Å²) >= 11 is 0. The van der Waals surface area contributed by atoms with E-state index in [2.05, 4.69) is 29.1 Å². The Balaban J connectivity index is 2.22. The van der Waals surface area contributed by atoms with Crippen LogP contribution in [0.15, 0.2) is 30.6 Å². The molecule has 0 aliphatic heterocycles. The Bertz CT molecular complexity index is 515. The van der Waals surface area contributed by atoms with Gasteiger partial charge in [0.2, 0.25) is 0 Å². The number of nitrogens with one attached hydrogen (secondary N) is 1. The molecule has 0 saturated heterocycles. The number of hydrogen-bond donors (Lipinski definition) is 2. The molecule has 4 nitrogen and oxygen atoms in total. The third kappa shape index (κ3) is 2.59. The first kappa shape index (κ1) is 12.8. The topological polar surface area (TPSA) is 63.8 Å². The maximum atomic E-state index is 6.28. The summed E-state index contributed by atoms with van der Waals surface area (Å²) in [5.41, 5.74) is 7.06. The first-order chi connectivity index (χ1) is 8.68. The summed E-state index contributed by atoms with van der Waals surface area (Å²) in [4.78, 5) is 8.55. The lowest BCUT2D eigenvalue weighted by Crippen LogP contribution is -2.45. The molecule has 2 aromatic rings. The van der Waals surface area contributed by atoms with Gasteiger partial charge in [-0.15, -0.1) is 0 Å². The van der Waals surface area contributed by atoms with Gasteiger partial charge in [0, 0.05) is 17.5 Å². The fourth-order valence-corrected chi connectivity index (χ4v) is 1.91. The molecule has 1 aromatic heterocycles. The number of anilines is 1. The first-order valence-corrected chi connectivity index (χ1v) is 6.41. The van der Waals surface area contributed by atoms with E-state index in [4.69, 9.17) is 5.73 Å². The predicted octanol–water partition coefficient (Wildman–Crippen LogP) is 2.56. The lowest BCUT2D eigenvalue weighted by molar-refractivity contribution is 0.418. The number of para-hydroxylation sites is 1.